The molecule has 0 saturated carbocycles. The number of nitrogens with two attached hydrogens (primary N) is 1. The number of amides is 3. The zero-order valence-corrected chi connectivity index (χ0v) is 11.3. The third-order valence-corrected chi connectivity index (χ3v) is 3.09. The quantitative estimate of drug-likeness (QED) is 0.596. The highest BCUT2D eigenvalue weighted by atomic mass is 16.2. The van der Waals surface area contributed by atoms with E-state index in [0.29, 0.717) is 12.8 Å². The minimum absolute atomic E-state index is 0.0806. The minimum Gasteiger partial charge on any atom is -0.369 e. The van der Waals surface area contributed by atoms with Crippen LogP contribution < -0.4 is 16.4 Å². The summed E-state index contributed by atoms with van der Waals surface area (Å²) in [5.74, 6) is -1.44. The normalized spacial score (nSPS) is 22.1. The van der Waals surface area contributed by atoms with Crippen molar-refractivity contribution in [2.45, 2.75) is 32.7 Å². The number of carbonyl (C=O) groups is 3. The van der Waals surface area contributed by atoms with Crippen molar-refractivity contribution in [3.8, 4) is 0 Å². The van der Waals surface area contributed by atoms with Crippen LogP contribution in [0.3, 0.4) is 0 Å². The zero-order chi connectivity index (χ0) is 14.4. The van der Waals surface area contributed by atoms with Crippen LogP contribution in [-0.4, -0.2) is 30.3 Å². The van der Waals surface area contributed by atoms with Gasteiger partial charge in [0.05, 0.1) is 12.5 Å². The number of nitrogens with one attached hydrogen (secondary N) is 2. The molecule has 0 spiro atoms. The van der Waals surface area contributed by atoms with Gasteiger partial charge in [-0.25, -0.2) is 0 Å². The van der Waals surface area contributed by atoms with Gasteiger partial charge >= 0.3 is 0 Å². The molecule has 0 aromatic heterocycles. The first kappa shape index (κ1) is 15.2. The van der Waals surface area contributed by atoms with Gasteiger partial charge in [-0.3, -0.25) is 14.4 Å². The number of primary amides is 1. The van der Waals surface area contributed by atoms with Gasteiger partial charge < -0.3 is 16.4 Å². The Hall–Kier alpha value is -1.85. The van der Waals surface area contributed by atoms with E-state index in [-0.39, 0.29) is 36.2 Å². The highest BCUT2D eigenvalue weighted by Gasteiger charge is 2.28. The van der Waals surface area contributed by atoms with Gasteiger partial charge in [-0.15, -0.1) is 0 Å². The van der Waals surface area contributed by atoms with Crippen molar-refractivity contribution in [3.63, 3.8) is 0 Å². The SMILES string of the molecule is CC(C)C(=O)NCC(=O)N[C@@H]1CC=CC[C@H]1C(N)=O. The molecule has 0 fully saturated rings. The van der Waals surface area contributed by atoms with Crippen LogP contribution in [0, 0.1) is 11.8 Å². The fraction of sp³-hybridized carbons (Fsp3) is 0.615. The molecule has 1 aliphatic carbocycles. The Morgan fingerprint density at radius 2 is 1.89 bits per heavy atom. The number of allylic oxidation sites excluding steroid dienone is 1. The number of hydrogen-bond donors (Lipinski definition) is 3. The molecule has 2 atom stereocenters. The molecular formula is C13H21N3O3. The van der Waals surface area contributed by atoms with E-state index in [1.807, 2.05) is 12.2 Å². The van der Waals surface area contributed by atoms with Crippen LogP contribution in [-0.2, 0) is 14.4 Å². The summed E-state index contributed by atoms with van der Waals surface area (Å²) in [5.41, 5.74) is 5.30. The summed E-state index contributed by atoms with van der Waals surface area (Å²) >= 11 is 0. The molecule has 1 aliphatic rings. The number of hydrogen-bond acceptors (Lipinski definition) is 3. The monoisotopic (exact) mass is 267 g/mol. The molecular weight excluding hydrogens is 246 g/mol. The average Bonchev–Trinajstić information content (AvgIpc) is 2.36. The second kappa shape index (κ2) is 6.92. The van der Waals surface area contributed by atoms with Crippen LogP contribution in [0.2, 0.25) is 0 Å². The maximum atomic E-state index is 11.7. The maximum absolute atomic E-state index is 11.7. The zero-order valence-electron chi connectivity index (χ0n) is 11.3. The predicted molar refractivity (Wildman–Crippen MR) is 70.8 cm³/mol. The Morgan fingerprint density at radius 3 is 2.47 bits per heavy atom. The molecule has 0 saturated heterocycles. The molecule has 0 unspecified atom stereocenters. The number of rotatable bonds is 5. The van der Waals surface area contributed by atoms with E-state index in [1.165, 1.54) is 0 Å². The van der Waals surface area contributed by atoms with Gasteiger partial charge in [-0.2, -0.15) is 0 Å². The third kappa shape index (κ3) is 4.73. The molecule has 1 rings (SSSR count). The van der Waals surface area contributed by atoms with Crippen molar-refractivity contribution >= 4 is 17.7 Å². The lowest BCUT2D eigenvalue weighted by Crippen LogP contribution is -2.49. The Bertz CT molecular complexity index is 391. The van der Waals surface area contributed by atoms with E-state index in [1.54, 1.807) is 13.8 Å². The van der Waals surface area contributed by atoms with Crippen molar-refractivity contribution in [2.24, 2.45) is 17.6 Å². The Morgan fingerprint density at radius 1 is 1.26 bits per heavy atom. The summed E-state index contributed by atoms with van der Waals surface area (Å²) in [6.07, 6.45) is 4.92. The molecule has 106 valence electrons. The van der Waals surface area contributed by atoms with Crippen LogP contribution >= 0.6 is 0 Å². The van der Waals surface area contributed by atoms with Crippen molar-refractivity contribution in [1.82, 2.24) is 10.6 Å². The number of carbonyl (C=O) groups excluding carboxylic acids is 3. The van der Waals surface area contributed by atoms with E-state index in [4.69, 9.17) is 5.73 Å². The van der Waals surface area contributed by atoms with Crippen molar-refractivity contribution < 1.29 is 14.4 Å². The summed E-state index contributed by atoms with van der Waals surface area (Å²) < 4.78 is 0. The molecule has 0 aromatic carbocycles. The van der Waals surface area contributed by atoms with Gasteiger partial charge in [0.15, 0.2) is 0 Å². The first-order valence-electron chi connectivity index (χ1n) is 6.43. The molecule has 3 amide bonds. The van der Waals surface area contributed by atoms with Gasteiger partial charge in [-0.05, 0) is 12.8 Å². The molecule has 6 nitrogen and oxygen atoms in total. The molecule has 6 heteroatoms. The van der Waals surface area contributed by atoms with Gasteiger partial charge in [0, 0.05) is 12.0 Å². The summed E-state index contributed by atoms with van der Waals surface area (Å²) in [6.45, 7) is 3.42. The molecule has 4 N–H and O–H groups in total. The van der Waals surface area contributed by atoms with Gasteiger partial charge in [0.25, 0.3) is 0 Å². The highest BCUT2D eigenvalue weighted by Crippen LogP contribution is 2.18. The van der Waals surface area contributed by atoms with Gasteiger partial charge in [0.2, 0.25) is 17.7 Å². The molecule has 0 aliphatic heterocycles. The lowest BCUT2D eigenvalue weighted by molar-refractivity contribution is -0.129. The van der Waals surface area contributed by atoms with Crippen molar-refractivity contribution in [3.05, 3.63) is 12.2 Å². The van der Waals surface area contributed by atoms with E-state index < -0.39 is 5.91 Å². The predicted octanol–water partition coefficient (Wildman–Crippen LogP) is -0.305. The molecule has 19 heavy (non-hydrogen) atoms. The maximum Gasteiger partial charge on any atom is 0.239 e. The highest BCUT2D eigenvalue weighted by molar-refractivity contribution is 5.86. The fourth-order valence-electron chi connectivity index (χ4n) is 1.92. The van der Waals surface area contributed by atoms with E-state index in [9.17, 15) is 14.4 Å². The van der Waals surface area contributed by atoms with Crippen LogP contribution in [0.1, 0.15) is 26.7 Å². The second-order valence-corrected chi connectivity index (χ2v) is 5.00. The average molecular weight is 267 g/mol. The standard InChI is InChI=1S/C13H21N3O3/c1-8(2)13(19)15-7-11(17)16-10-6-4-3-5-9(10)12(14)18/h3-4,8-10H,5-7H2,1-2H3,(H2,14,18)(H,15,19)(H,16,17)/t9-,10-/m1/s1. The van der Waals surface area contributed by atoms with E-state index >= 15 is 0 Å². The van der Waals surface area contributed by atoms with E-state index in [0.717, 1.165) is 0 Å². The fourth-order valence-corrected chi connectivity index (χ4v) is 1.92. The topological polar surface area (TPSA) is 101 Å². The Labute approximate surface area is 112 Å². The molecule has 0 aromatic rings. The second-order valence-electron chi connectivity index (χ2n) is 5.00. The van der Waals surface area contributed by atoms with Crippen molar-refractivity contribution in [2.75, 3.05) is 6.54 Å². The van der Waals surface area contributed by atoms with Crippen LogP contribution in [0.4, 0.5) is 0 Å². The first-order chi connectivity index (χ1) is 8.91. The first-order valence-corrected chi connectivity index (χ1v) is 6.43. The summed E-state index contributed by atoms with van der Waals surface area (Å²) in [4.78, 5) is 34.3. The van der Waals surface area contributed by atoms with Crippen LogP contribution in [0.25, 0.3) is 0 Å². The molecule has 0 heterocycles. The molecule has 0 radical (unpaired) electrons. The summed E-state index contributed by atoms with van der Waals surface area (Å²) in [6, 6.07) is -0.286. The smallest absolute Gasteiger partial charge is 0.239 e. The minimum atomic E-state index is -0.416. The Kier molecular flexibility index (Phi) is 5.54. The molecule has 0 bridgehead atoms. The Balaban J connectivity index is 2.45. The van der Waals surface area contributed by atoms with Crippen LogP contribution in [0.15, 0.2) is 12.2 Å². The van der Waals surface area contributed by atoms with Crippen molar-refractivity contribution in [1.29, 1.82) is 0 Å². The summed E-state index contributed by atoms with van der Waals surface area (Å²) in [5, 5.41) is 5.27. The third-order valence-electron chi connectivity index (χ3n) is 3.09. The lowest BCUT2D eigenvalue weighted by Gasteiger charge is -2.27. The van der Waals surface area contributed by atoms with Gasteiger partial charge in [-0.1, -0.05) is 26.0 Å². The largest absolute Gasteiger partial charge is 0.369 e. The van der Waals surface area contributed by atoms with Gasteiger partial charge in [0.1, 0.15) is 0 Å². The van der Waals surface area contributed by atoms with E-state index in [2.05, 4.69) is 10.6 Å². The van der Waals surface area contributed by atoms with Crippen LogP contribution in [0.5, 0.6) is 0 Å². The lowest BCUT2D eigenvalue weighted by atomic mass is 9.88. The summed E-state index contributed by atoms with van der Waals surface area (Å²) in [7, 11) is 0.